The summed E-state index contributed by atoms with van der Waals surface area (Å²) < 4.78 is 5.41. The van der Waals surface area contributed by atoms with Crippen LogP contribution in [0.3, 0.4) is 0 Å². The molecule has 1 saturated heterocycles. The van der Waals surface area contributed by atoms with Crippen molar-refractivity contribution in [2.24, 2.45) is 5.73 Å². The molecule has 0 radical (unpaired) electrons. The molecular weight excluding hydrogens is 280 g/mol. The molecule has 128 valence electrons. The van der Waals surface area contributed by atoms with Crippen LogP contribution >= 0.6 is 0 Å². The minimum absolute atomic E-state index is 0.290. The van der Waals surface area contributed by atoms with Gasteiger partial charge in [-0.2, -0.15) is 0 Å². The van der Waals surface area contributed by atoms with Crippen molar-refractivity contribution < 1.29 is 14.6 Å². The van der Waals surface area contributed by atoms with Gasteiger partial charge in [0.1, 0.15) is 5.60 Å². The van der Waals surface area contributed by atoms with E-state index in [4.69, 9.17) is 10.5 Å². The number of aliphatic hydroxyl groups is 1. The maximum absolute atomic E-state index is 12.1. The molecule has 5 heteroatoms. The van der Waals surface area contributed by atoms with Crippen molar-refractivity contribution in [1.82, 2.24) is 4.90 Å². The SMILES string of the molecule is CC(C)(C)OC(=O)N1CCC(O)(C2(N)CCCCCC2)CC1. The first kappa shape index (κ1) is 17.5. The van der Waals surface area contributed by atoms with Crippen molar-refractivity contribution in [1.29, 1.82) is 0 Å². The van der Waals surface area contributed by atoms with E-state index in [1.54, 1.807) is 4.90 Å². The van der Waals surface area contributed by atoms with Gasteiger partial charge in [0.2, 0.25) is 0 Å². The second-order valence-electron chi connectivity index (χ2n) is 8.07. The molecule has 1 aliphatic carbocycles. The maximum Gasteiger partial charge on any atom is 0.410 e. The normalized spacial score (nSPS) is 25.4. The van der Waals surface area contributed by atoms with Crippen molar-refractivity contribution in [2.45, 2.75) is 88.9 Å². The van der Waals surface area contributed by atoms with Crippen LogP contribution in [0, 0.1) is 0 Å². The molecule has 0 bridgehead atoms. The van der Waals surface area contributed by atoms with Gasteiger partial charge in [-0.05, 0) is 46.5 Å². The Hall–Kier alpha value is -0.810. The number of amides is 1. The lowest BCUT2D eigenvalue weighted by atomic mass is 9.70. The summed E-state index contributed by atoms with van der Waals surface area (Å²) in [5.74, 6) is 0. The minimum Gasteiger partial charge on any atom is -0.444 e. The Labute approximate surface area is 134 Å². The van der Waals surface area contributed by atoms with E-state index >= 15 is 0 Å². The van der Waals surface area contributed by atoms with Gasteiger partial charge in [-0.25, -0.2) is 4.79 Å². The highest BCUT2D eigenvalue weighted by Crippen LogP contribution is 2.40. The van der Waals surface area contributed by atoms with Crippen LogP contribution in [0.2, 0.25) is 0 Å². The third-order valence-electron chi connectivity index (χ3n) is 5.16. The Morgan fingerprint density at radius 3 is 2.00 bits per heavy atom. The quantitative estimate of drug-likeness (QED) is 0.730. The van der Waals surface area contributed by atoms with Gasteiger partial charge in [-0.3, -0.25) is 0 Å². The van der Waals surface area contributed by atoms with Crippen LogP contribution in [0.4, 0.5) is 4.79 Å². The fraction of sp³-hybridized carbons (Fsp3) is 0.941. The van der Waals surface area contributed by atoms with E-state index < -0.39 is 16.7 Å². The fourth-order valence-corrected chi connectivity index (χ4v) is 3.71. The zero-order chi connectivity index (χ0) is 16.4. The fourth-order valence-electron chi connectivity index (χ4n) is 3.71. The summed E-state index contributed by atoms with van der Waals surface area (Å²) in [6.07, 6.45) is 7.17. The van der Waals surface area contributed by atoms with Crippen molar-refractivity contribution in [3.63, 3.8) is 0 Å². The first-order valence-electron chi connectivity index (χ1n) is 8.64. The molecule has 2 aliphatic rings. The largest absolute Gasteiger partial charge is 0.444 e. The maximum atomic E-state index is 12.1. The van der Waals surface area contributed by atoms with Gasteiger partial charge in [-0.15, -0.1) is 0 Å². The van der Waals surface area contributed by atoms with Gasteiger partial charge < -0.3 is 20.5 Å². The number of nitrogens with zero attached hydrogens (tertiary/aromatic N) is 1. The number of ether oxygens (including phenoxy) is 1. The smallest absolute Gasteiger partial charge is 0.410 e. The first-order valence-corrected chi connectivity index (χ1v) is 8.64. The van der Waals surface area contributed by atoms with Crippen LogP contribution in [-0.2, 0) is 4.74 Å². The summed E-state index contributed by atoms with van der Waals surface area (Å²) in [4.78, 5) is 13.8. The number of carbonyl (C=O) groups excluding carboxylic acids is 1. The summed E-state index contributed by atoms with van der Waals surface area (Å²) in [6.45, 7) is 6.64. The molecule has 2 rings (SSSR count). The lowest BCUT2D eigenvalue weighted by Gasteiger charge is -2.49. The summed E-state index contributed by atoms with van der Waals surface area (Å²) >= 11 is 0. The second kappa shape index (κ2) is 6.36. The monoisotopic (exact) mass is 312 g/mol. The Bertz CT molecular complexity index is 387. The molecule has 0 aromatic carbocycles. The number of nitrogens with two attached hydrogens (primary N) is 1. The standard InChI is InChI=1S/C17H32N2O3/c1-15(2,3)22-14(20)19-12-10-17(21,11-13-19)16(18)8-6-4-5-7-9-16/h21H,4-13,18H2,1-3H3. The number of likely N-dealkylation sites (tertiary alicyclic amines) is 1. The predicted molar refractivity (Wildman–Crippen MR) is 86.6 cm³/mol. The molecule has 22 heavy (non-hydrogen) atoms. The molecule has 1 amide bonds. The molecule has 3 N–H and O–H groups in total. The summed E-state index contributed by atoms with van der Waals surface area (Å²) in [7, 11) is 0. The molecule has 0 aromatic rings. The van der Waals surface area contributed by atoms with E-state index in [1.165, 1.54) is 12.8 Å². The van der Waals surface area contributed by atoms with E-state index in [9.17, 15) is 9.90 Å². The van der Waals surface area contributed by atoms with E-state index in [2.05, 4.69) is 0 Å². The molecule has 2 fully saturated rings. The summed E-state index contributed by atoms with van der Waals surface area (Å²) in [5.41, 5.74) is 4.77. The average Bonchev–Trinajstić information content (AvgIpc) is 2.63. The van der Waals surface area contributed by atoms with Crippen LogP contribution < -0.4 is 5.73 Å². The molecule has 0 aromatic heterocycles. The van der Waals surface area contributed by atoms with Crippen molar-refractivity contribution in [2.75, 3.05) is 13.1 Å². The van der Waals surface area contributed by atoms with Gasteiger partial charge in [0.15, 0.2) is 0 Å². The zero-order valence-corrected chi connectivity index (χ0v) is 14.4. The van der Waals surface area contributed by atoms with Gasteiger partial charge >= 0.3 is 6.09 Å². The third-order valence-corrected chi connectivity index (χ3v) is 5.16. The van der Waals surface area contributed by atoms with Crippen molar-refractivity contribution in [3.8, 4) is 0 Å². The van der Waals surface area contributed by atoms with Gasteiger partial charge in [0, 0.05) is 18.6 Å². The molecule has 1 heterocycles. The van der Waals surface area contributed by atoms with Crippen LogP contribution in [0.25, 0.3) is 0 Å². The topological polar surface area (TPSA) is 75.8 Å². The third kappa shape index (κ3) is 3.93. The Morgan fingerprint density at radius 1 is 1.05 bits per heavy atom. The van der Waals surface area contributed by atoms with Crippen molar-refractivity contribution >= 4 is 6.09 Å². The van der Waals surface area contributed by atoms with Crippen LogP contribution in [0.5, 0.6) is 0 Å². The average molecular weight is 312 g/mol. The van der Waals surface area contributed by atoms with Gasteiger partial charge in [0.25, 0.3) is 0 Å². The van der Waals surface area contributed by atoms with E-state index in [-0.39, 0.29) is 6.09 Å². The Kier molecular flexibility index (Phi) is 5.07. The van der Waals surface area contributed by atoms with E-state index in [1.807, 2.05) is 20.8 Å². The molecule has 0 unspecified atom stereocenters. The van der Waals surface area contributed by atoms with Crippen LogP contribution in [-0.4, -0.2) is 45.9 Å². The zero-order valence-electron chi connectivity index (χ0n) is 14.4. The van der Waals surface area contributed by atoms with E-state index in [0.717, 1.165) is 25.7 Å². The van der Waals surface area contributed by atoms with Gasteiger partial charge in [-0.1, -0.05) is 25.7 Å². The lowest BCUT2D eigenvalue weighted by molar-refractivity contribution is -0.0862. The second-order valence-corrected chi connectivity index (χ2v) is 8.07. The highest BCUT2D eigenvalue weighted by Gasteiger charge is 2.49. The molecule has 0 spiro atoms. The number of hydrogen-bond acceptors (Lipinski definition) is 4. The van der Waals surface area contributed by atoms with Crippen LogP contribution in [0.1, 0.15) is 72.1 Å². The molecule has 5 nitrogen and oxygen atoms in total. The highest BCUT2D eigenvalue weighted by molar-refractivity contribution is 5.68. The lowest BCUT2D eigenvalue weighted by Crippen LogP contribution is -2.64. The minimum atomic E-state index is -0.851. The predicted octanol–water partition coefficient (Wildman–Crippen LogP) is 2.80. The summed E-state index contributed by atoms with van der Waals surface area (Å²) in [5, 5.41) is 11.1. The number of piperidine rings is 1. The highest BCUT2D eigenvalue weighted by atomic mass is 16.6. The molecular formula is C17H32N2O3. The number of carbonyl (C=O) groups is 1. The Morgan fingerprint density at radius 2 is 1.55 bits per heavy atom. The van der Waals surface area contributed by atoms with E-state index in [0.29, 0.717) is 25.9 Å². The number of hydrogen-bond donors (Lipinski definition) is 2. The first-order chi connectivity index (χ1) is 10.2. The summed E-state index contributed by atoms with van der Waals surface area (Å²) in [6, 6.07) is 0. The molecule has 1 aliphatic heterocycles. The molecule has 0 atom stereocenters. The van der Waals surface area contributed by atoms with Gasteiger partial charge in [0.05, 0.1) is 5.60 Å². The van der Waals surface area contributed by atoms with Crippen molar-refractivity contribution in [3.05, 3.63) is 0 Å². The number of rotatable bonds is 1. The molecule has 1 saturated carbocycles. The Balaban J connectivity index is 1.96. The van der Waals surface area contributed by atoms with Crippen LogP contribution in [0.15, 0.2) is 0 Å².